The molecule has 2 atom stereocenters. The Kier molecular flexibility index (Phi) is 41.0. The van der Waals surface area contributed by atoms with Gasteiger partial charge in [-0.15, -0.1) is 0 Å². The highest BCUT2D eigenvalue weighted by Crippen LogP contribution is 2.16. The summed E-state index contributed by atoms with van der Waals surface area (Å²) >= 11 is 0. The minimum atomic E-state index is -1.13. The molecule has 0 radical (unpaired) electrons. The molecule has 60 heavy (non-hydrogen) atoms. The molecular formula is C52H93NO7. The number of likely N-dealkylation sites (N-methyl/N-ethyl adjacent to an activating group) is 1. The molecule has 2 unspecified atom stereocenters. The van der Waals surface area contributed by atoms with Crippen LogP contribution in [-0.2, 0) is 28.6 Å². The zero-order chi connectivity index (χ0) is 44.2. The first-order chi connectivity index (χ1) is 29.1. The molecule has 0 saturated carbocycles. The SMILES string of the molecule is CCCCC/C=C/C=C/C=C/C=C/CCCCCCCC(=O)OC(COCCC(C(=O)[O-])[N+](C)(C)C)COC(=O)CCCCCCCCCCCCCCCCCCCC. The van der Waals surface area contributed by atoms with Gasteiger partial charge in [0.1, 0.15) is 12.6 Å². The molecule has 348 valence electrons. The van der Waals surface area contributed by atoms with E-state index in [9.17, 15) is 19.5 Å². The van der Waals surface area contributed by atoms with Gasteiger partial charge in [-0.2, -0.15) is 0 Å². The molecule has 0 aliphatic carbocycles. The summed E-state index contributed by atoms with van der Waals surface area (Å²) < 4.78 is 17.2. The predicted octanol–water partition coefficient (Wildman–Crippen LogP) is 12.6. The average molecular weight is 844 g/mol. The van der Waals surface area contributed by atoms with Crippen molar-refractivity contribution < 1.29 is 38.2 Å². The van der Waals surface area contributed by atoms with E-state index in [0.29, 0.717) is 12.8 Å². The van der Waals surface area contributed by atoms with E-state index in [0.717, 1.165) is 64.2 Å². The first kappa shape index (κ1) is 57.3. The molecule has 0 heterocycles. The van der Waals surface area contributed by atoms with Gasteiger partial charge in [0, 0.05) is 19.3 Å². The van der Waals surface area contributed by atoms with Gasteiger partial charge in [-0.05, 0) is 38.5 Å². The van der Waals surface area contributed by atoms with E-state index in [1.807, 2.05) is 0 Å². The fourth-order valence-corrected chi connectivity index (χ4v) is 7.20. The van der Waals surface area contributed by atoms with E-state index in [4.69, 9.17) is 14.2 Å². The molecule has 0 bridgehead atoms. The van der Waals surface area contributed by atoms with E-state index in [1.54, 1.807) is 21.1 Å². The lowest BCUT2D eigenvalue weighted by Gasteiger charge is -2.34. The summed E-state index contributed by atoms with van der Waals surface area (Å²) in [5.74, 6) is -1.76. The fraction of sp³-hybridized carbons (Fsp3) is 0.788. The summed E-state index contributed by atoms with van der Waals surface area (Å²) in [4.78, 5) is 37.0. The van der Waals surface area contributed by atoms with Crippen LogP contribution in [0.5, 0.6) is 0 Å². The van der Waals surface area contributed by atoms with E-state index in [-0.39, 0.29) is 42.7 Å². The Morgan fingerprint density at radius 3 is 1.33 bits per heavy atom. The van der Waals surface area contributed by atoms with Gasteiger partial charge in [-0.3, -0.25) is 9.59 Å². The number of carboxylic acids is 1. The zero-order valence-corrected chi connectivity index (χ0v) is 39.6. The first-order valence-corrected chi connectivity index (χ1v) is 24.7. The van der Waals surface area contributed by atoms with Crippen molar-refractivity contribution in [2.75, 3.05) is 41.0 Å². The van der Waals surface area contributed by atoms with Crippen LogP contribution in [0.3, 0.4) is 0 Å². The highest BCUT2D eigenvalue weighted by atomic mass is 16.6. The van der Waals surface area contributed by atoms with Crippen LogP contribution in [0.1, 0.15) is 213 Å². The molecule has 0 N–H and O–H groups in total. The van der Waals surface area contributed by atoms with Gasteiger partial charge in [-0.25, -0.2) is 0 Å². The second-order valence-corrected chi connectivity index (χ2v) is 17.8. The summed E-state index contributed by atoms with van der Waals surface area (Å²) in [5.41, 5.74) is 0. The van der Waals surface area contributed by atoms with Crippen LogP contribution >= 0.6 is 0 Å². The molecule has 0 saturated heterocycles. The van der Waals surface area contributed by atoms with Gasteiger partial charge in [0.05, 0.1) is 40.3 Å². The van der Waals surface area contributed by atoms with Crippen molar-refractivity contribution in [3.05, 3.63) is 48.6 Å². The number of hydrogen-bond acceptors (Lipinski definition) is 7. The van der Waals surface area contributed by atoms with Gasteiger partial charge in [0.25, 0.3) is 0 Å². The minimum Gasteiger partial charge on any atom is -0.544 e. The number of nitrogens with zero attached hydrogens (tertiary/aromatic N) is 1. The quantitative estimate of drug-likeness (QED) is 0.0260. The molecule has 0 amide bonds. The number of aliphatic carboxylic acids is 1. The summed E-state index contributed by atoms with van der Waals surface area (Å²) in [6.07, 6.45) is 51.3. The van der Waals surface area contributed by atoms with Gasteiger partial charge >= 0.3 is 11.9 Å². The highest BCUT2D eigenvalue weighted by Gasteiger charge is 2.25. The van der Waals surface area contributed by atoms with E-state index in [2.05, 4.69) is 62.5 Å². The lowest BCUT2D eigenvalue weighted by atomic mass is 10.0. The third kappa shape index (κ3) is 40.7. The Hall–Kier alpha value is -2.71. The Balaban J connectivity index is 4.32. The van der Waals surface area contributed by atoms with Crippen LogP contribution in [0.25, 0.3) is 0 Å². The van der Waals surface area contributed by atoms with Crippen molar-refractivity contribution in [3.8, 4) is 0 Å². The predicted molar refractivity (Wildman–Crippen MR) is 250 cm³/mol. The zero-order valence-electron chi connectivity index (χ0n) is 39.6. The number of esters is 2. The summed E-state index contributed by atoms with van der Waals surface area (Å²) in [7, 11) is 5.40. The average Bonchev–Trinajstić information content (AvgIpc) is 3.21. The molecule has 0 aromatic heterocycles. The smallest absolute Gasteiger partial charge is 0.306 e. The third-order valence-corrected chi connectivity index (χ3v) is 11.1. The Bertz CT molecular complexity index is 1120. The van der Waals surface area contributed by atoms with Crippen molar-refractivity contribution >= 4 is 17.9 Å². The Labute approximate surface area is 369 Å². The van der Waals surface area contributed by atoms with Crippen molar-refractivity contribution in [2.45, 2.75) is 225 Å². The molecule has 0 aliphatic heterocycles. The number of hydrogen-bond donors (Lipinski definition) is 0. The van der Waals surface area contributed by atoms with Crippen LogP contribution < -0.4 is 5.11 Å². The van der Waals surface area contributed by atoms with Crippen molar-refractivity contribution in [1.82, 2.24) is 0 Å². The number of carbonyl (C=O) groups excluding carboxylic acids is 3. The number of allylic oxidation sites excluding steroid dienone is 8. The molecule has 0 aromatic rings. The summed E-state index contributed by atoms with van der Waals surface area (Å²) in [6.45, 7) is 4.62. The standard InChI is InChI=1S/C52H93NO7/c1-6-8-10-12-14-16-18-20-22-24-26-28-30-32-34-36-38-40-42-50(54)59-47-48(46-58-45-44-49(52(56)57)53(3,4)5)60-51(55)43-41-39-37-35-33-31-29-27-25-23-21-19-17-15-13-11-9-7-2/h15,17,19,21,23,25,27,29,48-49H,6-14,16,18,20,22,24,26,28,30-47H2,1-5H3/b17-15+,21-19+,25-23+,29-27+. The lowest BCUT2D eigenvalue weighted by Crippen LogP contribution is -2.55. The maximum absolute atomic E-state index is 12.8. The maximum atomic E-state index is 12.8. The topological polar surface area (TPSA) is 102 Å². The normalized spacial score (nSPS) is 13.3. The van der Waals surface area contributed by atoms with Crippen LogP contribution in [0.15, 0.2) is 48.6 Å². The van der Waals surface area contributed by atoms with Crippen LogP contribution in [0, 0.1) is 0 Å². The van der Waals surface area contributed by atoms with Crippen molar-refractivity contribution in [3.63, 3.8) is 0 Å². The third-order valence-electron chi connectivity index (χ3n) is 11.1. The molecule has 0 spiro atoms. The van der Waals surface area contributed by atoms with Gasteiger partial charge < -0.3 is 28.6 Å². The second kappa shape index (κ2) is 43.0. The van der Waals surface area contributed by atoms with Gasteiger partial charge in [0.2, 0.25) is 0 Å². The molecule has 8 heteroatoms. The van der Waals surface area contributed by atoms with E-state index < -0.39 is 18.1 Å². The number of carboxylic acid groups (broad SMARTS) is 1. The lowest BCUT2D eigenvalue weighted by molar-refractivity contribution is -0.889. The maximum Gasteiger partial charge on any atom is 0.306 e. The number of carbonyl (C=O) groups is 3. The monoisotopic (exact) mass is 844 g/mol. The van der Waals surface area contributed by atoms with Crippen molar-refractivity contribution in [1.29, 1.82) is 0 Å². The number of quaternary nitrogens is 1. The molecule has 0 aliphatic rings. The second-order valence-electron chi connectivity index (χ2n) is 17.8. The van der Waals surface area contributed by atoms with Crippen LogP contribution in [-0.4, -0.2) is 75.5 Å². The highest BCUT2D eigenvalue weighted by molar-refractivity contribution is 5.70. The molecule has 0 fully saturated rings. The van der Waals surface area contributed by atoms with Crippen LogP contribution in [0.4, 0.5) is 0 Å². The molecule has 0 rings (SSSR count). The number of unbranched alkanes of at least 4 members (excludes halogenated alkanes) is 25. The summed E-state index contributed by atoms with van der Waals surface area (Å²) in [5, 5.41) is 11.6. The van der Waals surface area contributed by atoms with Crippen molar-refractivity contribution in [2.24, 2.45) is 0 Å². The summed E-state index contributed by atoms with van der Waals surface area (Å²) in [6, 6.07) is -0.731. The molecular weight excluding hydrogens is 751 g/mol. The molecule has 0 aromatic carbocycles. The molecule has 8 nitrogen and oxygen atoms in total. The van der Waals surface area contributed by atoms with Gasteiger partial charge in [0.15, 0.2) is 6.10 Å². The minimum absolute atomic E-state index is 0.0320. The van der Waals surface area contributed by atoms with E-state index in [1.165, 1.54) is 116 Å². The Morgan fingerprint density at radius 2 is 0.883 bits per heavy atom. The number of ether oxygens (including phenoxy) is 3. The largest absolute Gasteiger partial charge is 0.544 e. The number of rotatable bonds is 44. The fourth-order valence-electron chi connectivity index (χ4n) is 7.20. The Morgan fingerprint density at radius 1 is 0.500 bits per heavy atom. The van der Waals surface area contributed by atoms with Gasteiger partial charge in [-0.1, -0.05) is 204 Å². The van der Waals surface area contributed by atoms with Crippen LogP contribution in [0.2, 0.25) is 0 Å². The van der Waals surface area contributed by atoms with E-state index >= 15 is 0 Å². The first-order valence-electron chi connectivity index (χ1n) is 24.7.